The maximum atomic E-state index is 5.29. The molecule has 0 aliphatic rings. The molecule has 0 aliphatic heterocycles. The minimum Gasteiger partial charge on any atom is -0.363 e. The summed E-state index contributed by atoms with van der Waals surface area (Å²) in [6.07, 6.45) is 3.27. The molecule has 0 aliphatic carbocycles. The molecule has 0 radical (unpaired) electrons. The van der Waals surface area contributed by atoms with Gasteiger partial charge in [0.05, 0.1) is 6.04 Å². The Labute approximate surface area is 130 Å². The Morgan fingerprint density at radius 3 is 2.84 bits per heavy atom. The highest BCUT2D eigenvalue weighted by Crippen LogP contribution is 2.22. The van der Waals surface area contributed by atoms with Crippen molar-refractivity contribution in [1.82, 2.24) is 15.5 Å². The zero-order chi connectivity index (χ0) is 14.1. The molecule has 1 heterocycles. The molecule has 19 heavy (non-hydrogen) atoms. The minimum absolute atomic E-state index is 0.367. The molecule has 0 fully saturated rings. The van der Waals surface area contributed by atoms with Crippen LogP contribution in [0.25, 0.3) is 0 Å². The van der Waals surface area contributed by atoms with Gasteiger partial charge in [0.2, 0.25) is 0 Å². The van der Waals surface area contributed by atoms with Crippen molar-refractivity contribution in [2.45, 2.75) is 12.5 Å². The molecule has 1 aromatic rings. The van der Waals surface area contributed by atoms with E-state index in [-0.39, 0.29) is 0 Å². The average molecular weight is 318 g/mol. The van der Waals surface area contributed by atoms with E-state index in [9.17, 15) is 0 Å². The number of thiocarbonyl (C=S) groups is 1. The fraction of sp³-hybridized carbons (Fsp3) is 0.615. The lowest BCUT2D eigenvalue weighted by atomic mass is 10.2. The second-order valence-corrected chi connectivity index (χ2v) is 6.85. The summed E-state index contributed by atoms with van der Waals surface area (Å²) in [5, 5.41) is 9.43. The number of thioether (sulfide) groups is 1. The fourth-order valence-electron chi connectivity index (χ4n) is 1.69. The first kappa shape index (κ1) is 16.8. The van der Waals surface area contributed by atoms with Gasteiger partial charge in [-0.3, -0.25) is 0 Å². The van der Waals surface area contributed by atoms with Crippen molar-refractivity contribution in [3.63, 3.8) is 0 Å². The molecule has 108 valence electrons. The third kappa shape index (κ3) is 6.61. The Hall–Kier alpha value is -0.300. The summed E-state index contributed by atoms with van der Waals surface area (Å²) in [7, 11) is 4.20. The Kier molecular flexibility index (Phi) is 8.45. The van der Waals surface area contributed by atoms with Gasteiger partial charge in [-0.05, 0) is 56.2 Å². The van der Waals surface area contributed by atoms with E-state index in [1.165, 1.54) is 10.6 Å². The van der Waals surface area contributed by atoms with Crippen molar-refractivity contribution < 1.29 is 0 Å². The van der Waals surface area contributed by atoms with E-state index in [1.54, 1.807) is 11.3 Å². The number of nitrogens with zero attached hydrogens (tertiary/aromatic N) is 1. The normalized spacial score (nSPS) is 12.4. The van der Waals surface area contributed by atoms with Gasteiger partial charge in [0.25, 0.3) is 0 Å². The molecule has 1 rings (SSSR count). The molecule has 0 saturated carbocycles. The highest BCUT2D eigenvalue weighted by Gasteiger charge is 2.14. The Morgan fingerprint density at radius 2 is 2.26 bits per heavy atom. The third-order valence-corrected chi connectivity index (χ3v) is 4.72. The van der Waals surface area contributed by atoms with Gasteiger partial charge in [-0.25, -0.2) is 0 Å². The predicted octanol–water partition coefficient (Wildman–Crippen LogP) is 2.57. The maximum absolute atomic E-state index is 5.29. The van der Waals surface area contributed by atoms with Crippen LogP contribution in [0.2, 0.25) is 0 Å². The topological polar surface area (TPSA) is 27.3 Å². The average Bonchev–Trinajstić information content (AvgIpc) is 2.88. The van der Waals surface area contributed by atoms with Gasteiger partial charge < -0.3 is 15.5 Å². The van der Waals surface area contributed by atoms with Crippen LogP contribution in [0.1, 0.15) is 17.3 Å². The van der Waals surface area contributed by atoms with Crippen molar-refractivity contribution in [2.24, 2.45) is 0 Å². The summed E-state index contributed by atoms with van der Waals surface area (Å²) in [5.41, 5.74) is 0. The zero-order valence-electron chi connectivity index (χ0n) is 11.8. The van der Waals surface area contributed by atoms with Gasteiger partial charge >= 0.3 is 0 Å². The fourth-order valence-corrected chi connectivity index (χ4v) is 3.23. The molecule has 0 saturated heterocycles. The van der Waals surface area contributed by atoms with E-state index in [0.717, 1.165) is 24.6 Å². The zero-order valence-corrected chi connectivity index (χ0v) is 14.3. The molecule has 0 aromatic carbocycles. The SMILES string of the molecule is CSCCCNC(=S)NCC(c1cccs1)N(C)C. The number of hydrogen-bond donors (Lipinski definition) is 2. The number of nitrogens with one attached hydrogen (secondary N) is 2. The third-order valence-electron chi connectivity index (χ3n) is 2.76. The van der Waals surface area contributed by atoms with Gasteiger partial charge in [0.15, 0.2) is 5.11 Å². The summed E-state index contributed by atoms with van der Waals surface area (Å²) in [6, 6.07) is 4.63. The highest BCUT2D eigenvalue weighted by molar-refractivity contribution is 7.98. The van der Waals surface area contributed by atoms with Crippen LogP contribution in [-0.2, 0) is 0 Å². The number of thiophene rings is 1. The molecular formula is C13H23N3S3. The van der Waals surface area contributed by atoms with Crippen molar-refractivity contribution in [2.75, 3.05) is 39.2 Å². The Morgan fingerprint density at radius 1 is 1.47 bits per heavy atom. The quantitative estimate of drug-likeness (QED) is 0.568. The minimum atomic E-state index is 0.367. The van der Waals surface area contributed by atoms with E-state index in [1.807, 2.05) is 11.8 Å². The largest absolute Gasteiger partial charge is 0.363 e. The summed E-state index contributed by atoms with van der Waals surface area (Å²) in [4.78, 5) is 3.58. The van der Waals surface area contributed by atoms with Crippen molar-refractivity contribution in [1.29, 1.82) is 0 Å². The summed E-state index contributed by atoms with van der Waals surface area (Å²) in [6.45, 7) is 1.78. The second kappa shape index (κ2) is 9.58. The van der Waals surface area contributed by atoms with Gasteiger partial charge in [-0.1, -0.05) is 6.07 Å². The molecule has 6 heteroatoms. The van der Waals surface area contributed by atoms with Crippen LogP contribution in [0, 0.1) is 0 Å². The van der Waals surface area contributed by atoms with E-state index < -0.39 is 0 Å². The van der Waals surface area contributed by atoms with Gasteiger partial charge in [0, 0.05) is 18.0 Å². The van der Waals surface area contributed by atoms with Crippen LogP contribution in [-0.4, -0.2) is 49.2 Å². The van der Waals surface area contributed by atoms with Gasteiger partial charge in [-0.2, -0.15) is 11.8 Å². The first-order chi connectivity index (χ1) is 9.15. The molecule has 0 amide bonds. The van der Waals surface area contributed by atoms with Crippen LogP contribution in [0.5, 0.6) is 0 Å². The Balaban J connectivity index is 2.30. The van der Waals surface area contributed by atoms with Crippen LogP contribution in [0.4, 0.5) is 0 Å². The van der Waals surface area contributed by atoms with Crippen molar-refractivity contribution >= 4 is 40.4 Å². The van der Waals surface area contributed by atoms with E-state index in [0.29, 0.717) is 6.04 Å². The number of rotatable bonds is 8. The highest BCUT2D eigenvalue weighted by atomic mass is 32.2. The number of hydrogen-bond acceptors (Lipinski definition) is 4. The standard InChI is InChI=1S/C13H23N3S3/c1-16(2)11(12-6-4-9-19-12)10-15-13(17)14-7-5-8-18-3/h4,6,9,11H,5,7-8,10H2,1-3H3,(H2,14,15,17). The lowest BCUT2D eigenvalue weighted by molar-refractivity contribution is 0.303. The van der Waals surface area contributed by atoms with Crippen molar-refractivity contribution in [3.8, 4) is 0 Å². The summed E-state index contributed by atoms with van der Waals surface area (Å²) in [5.74, 6) is 1.17. The first-order valence-corrected chi connectivity index (χ1v) is 9.03. The second-order valence-electron chi connectivity index (χ2n) is 4.48. The summed E-state index contributed by atoms with van der Waals surface area (Å²) >= 11 is 8.95. The molecule has 1 aromatic heterocycles. The molecular weight excluding hydrogens is 294 g/mol. The van der Waals surface area contributed by atoms with Gasteiger partial charge in [0.1, 0.15) is 0 Å². The molecule has 2 N–H and O–H groups in total. The summed E-state index contributed by atoms with van der Waals surface area (Å²) < 4.78 is 0. The molecule has 0 spiro atoms. The first-order valence-electron chi connectivity index (χ1n) is 6.35. The molecule has 0 bridgehead atoms. The van der Waals surface area contributed by atoms with E-state index in [4.69, 9.17) is 12.2 Å². The van der Waals surface area contributed by atoms with Crippen LogP contribution >= 0.6 is 35.3 Å². The molecule has 1 unspecified atom stereocenters. The smallest absolute Gasteiger partial charge is 0.166 e. The molecule has 3 nitrogen and oxygen atoms in total. The monoisotopic (exact) mass is 317 g/mol. The predicted molar refractivity (Wildman–Crippen MR) is 92.3 cm³/mol. The van der Waals surface area contributed by atoms with Crippen LogP contribution < -0.4 is 10.6 Å². The Bertz CT molecular complexity index is 352. The van der Waals surface area contributed by atoms with Gasteiger partial charge in [-0.15, -0.1) is 11.3 Å². The molecule has 1 atom stereocenters. The van der Waals surface area contributed by atoms with Crippen LogP contribution in [0.3, 0.4) is 0 Å². The van der Waals surface area contributed by atoms with Crippen molar-refractivity contribution in [3.05, 3.63) is 22.4 Å². The number of likely N-dealkylation sites (N-methyl/N-ethyl adjacent to an activating group) is 1. The van der Waals surface area contributed by atoms with Crippen LogP contribution in [0.15, 0.2) is 17.5 Å². The van der Waals surface area contributed by atoms with E-state index >= 15 is 0 Å². The lowest BCUT2D eigenvalue weighted by Gasteiger charge is -2.24. The maximum Gasteiger partial charge on any atom is 0.166 e. The van der Waals surface area contributed by atoms with E-state index in [2.05, 4.69) is 53.4 Å². The lowest BCUT2D eigenvalue weighted by Crippen LogP contribution is -2.40.